The van der Waals surface area contributed by atoms with Crippen LogP contribution in [0.1, 0.15) is 316 Å². The fourth-order valence-corrected chi connectivity index (χ4v) is 11.0. The van der Waals surface area contributed by atoms with Gasteiger partial charge in [0, 0.05) is 6.42 Å². The van der Waals surface area contributed by atoms with E-state index in [0.29, 0.717) is 6.42 Å². The van der Waals surface area contributed by atoms with Gasteiger partial charge < -0.3 is 40.3 Å². The molecule has 7 unspecified atom stereocenters. The van der Waals surface area contributed by atoms with Gasteiger partial charge in [0.2, 0.25) is 5.91 Å². The van der Waals surface area contributed by atoms with Gasteiger partial charge in [-0.15, -0.1) is 0 Å². The lowest BCUT2D eigenvalue weighted by molar-refractivity contribution is -0.302. The molecule has 9 heteroatoms. The molecule has 0 aliphatic carbocycles. The minimum atomic E-state index is -1.58. The number of unbranched alkanes of at least 4 members (excludes halogenated alkanes) is 36. The molecule has 6 N–H and O–H groups in total. The smallest absolute Gasteiger partial charge is 0.220 e. The van der Waals surface area contributed by atoms with Crippen molar-refractivity contribution in [2.75, 3.05) is 13.2 Å². The van der Waals surface area contributed by atoms with Crippen LogP contribution in [0.5, 0.6) is 0 Å². The molecule has 1 aliphatic rings. The first-order valence-electron chi connectivity index (χ1n) is 36.1. The number of hydrogen-bond acceptors (Lipinski definition) is 8. The number of aliphatic hydroxyl groups excluding tert-OH is 5. The molecule has 496 valence electrons. The van der Waals surface area contributed by atoms with E-state index < -0.39 is 49.5 Å². The maximum Gasteiger partial charge on any atom is 0.220 e. The Balaban J connectivity index is 2.17. The van der Waals surface area contributed by atoms with Crippen LogP contribution in [-0.2, 0) is 14.3 Å². The molecule has 0 aromatic heterocycles. The number of aliphatic hydroxyl groups is 5. The van der Waals surface area contributed by atoms with Crippen LogP contribution < -0.4 is 5.32 Å². The highest BCUT2D eigenvalue weighted by Gasteiger charge is 2.44. The molecule has 0 aromatic carbocycles. The topological polar surface area (TPSA) is 149 Å². The summed E-state index contributed by atoms with van der Waals surface area (Å²) in [7, 11) is 0. The van der Waals surface area contributed by atoms with Crippen molar-refractivity contribution in [1.82, 2.24) is 5.32 Å². The summed E-state index contributed by atoms with van der Waals surface area (Å²) >= 11 is 0. The lowest BCUT2D eigenvalue weighted by Gasteiger charge is -2.40. The van der Waals surface area contributed by atoms with Gasteiger partial charge >= 0.3 is 0 Å². The molecule has 1 saturated heterocycles. The molecular weight excluding hydrogens is 1070 g/mol. The summed E-state index contributed by atoms with van der Waals surface area (Å²) in [5, 5.41) is 54.8. The average Bonchev–Trinajstić information content (AvgIpc) is 3.59. The molecule has 1 amide bonds. The van der Waals surface area contributed by atoms with Gasteiger partial charge in [0.15, 0.2) is 6.29 Å². The van der Waals surface area contributed by atoms with Gasteiger partial charge in [-0.25, -0.2) is 0 Å². The highest BCUT2D eigenvalue weighted by atomic mass is 16.7. The summed E-state index contributed by atoms with van der Waals surface area (Å²) in [6.45, 7) is 3.67. The fourth-order valence-electron chi connectivity index (χ4n) is 11.0. The summed E-state index contributed by atoms with van der Waals surface area (Å²) in [4.78, 5) is 13.1. The summed E-state index contributed by atoms with van der Waals surface area (Å²) in [5.41, 5.74) is 0. The maximum atomic E-state index is 13.1. The SMILES string of the molecule is CC/C=C\C/C=C\C/C=C\C/C=C\C/C=C\C/C=C\C/C=C\CCCCCCCCCCCC(=O)NC(COC1OC(CO)C(O)C(O)C1O)C(O)/C=C/CC/C=C/CCCCCCCCCCCCCCCCCCCCCCCCCCCC. The van der Waals surface area contributed by atoms with Crippen molar-refractivity contribution in [1.29, 1.82) is 0 Å². The number of allylic oxidation sites excluding steroid dienone is 17. The molecule has 0 bridgehead atoms. The van der Waals surface area contributed by atoms with Crippen LogP contribution in [0.15, 0.2) is 109 Å². The number of rotatable bonds is 62. The zero-order valence-corrected chi connectivity index (χ0v) is 55.5. The van der Waals surface area contributed by atoms with Crippen LogP contribution in [0.4, 0.5) is 0 Å². The lowest BCUT2D eigenvalue weighted by Crippen LogP contribution is -2.60. The highest BCUT2D eigenvalue weighted by Crippen LogP contribution is 2.23. The summed E-state index contributed by atoms with van der Waals surface area (Å²) < 4.78 is 11.3. The van der Waals surface area contributed by atoms with Crippen molar-refractivity contribution in [2.24, 2.45) is 0 Å². The number of ether oxygens (including phenoxy) is 2. The molecule has 0 spiro atoms. The minimum Gasteiger partial charge on any atom is -0.394 e. The number of nitrogens with one attached hydrogen (secondary N) is 1. The first-order chi connectivity index (χ1) is 42.3. The standard InChI is InChI=1S/C77H135NO8/c1-3-5-7-9-11-13-15-17-19-21-23-25-27-29-31-33-35-37-38-40-42-44-46-48-50-52-54-56-58-60-62-64-66-71(80)70(69-85-77-76(84)75(83)74(82)72(68-79)86-77)78-73(81)67-65-63-61-59-57-55-53-51-49-47-45-43-41-39-36-34-32-30-28-26-24-22-20-18-16-14-12-10-8-6-4-2/h6,8,12,14,18,20,24,26,30,32,36,39,43,45,56,58,64,66,70-72,74-77,79-80,82-84H,3-5,7,9-11,13,15-17,19,21-23,25,27-29,31,33-35,37-38,40-42,44,46-55,57,59-63,65,67-69H2,1-2H3,(H,78,81)/b8-6-,14-12-,20-18-,26-24-,32-30-,39-36-,45-43-,58-56+,66-64+. The van der Waals surface area contributed by atoms with Crippen molar-refractivity contribution in [2.45, 2.75) is 358 Å². The third-order valence-electron chi connectivity index (χ3n) is 16.6. The Labute approximate surface area is 529 Å². The monoisotopic (exact) mass is 1200 g/mol. The van der Waals surface area contributed by atoms with Crippen molar-refractivity contribution < 1.29 is 39.8 Å². The average molecular weight is 1200 g/mol. The molecule has 1 rings (SSSR count). The number of carbonyl (C=O) groups excluding carboxylic acids is 1. The van der Waals surface area contributed by atoms with E-state index in [-0.39, 0.29) is 12.5 Å². The highest BCUT2D eigenvalue weighted by molar-refractivity contribution is 5.76. The van der Waals surface area contributed by atoms with E-state index in [1.807, 2.05) is 6.08 Å². The first kappa shape index (κ1) is 80.9. The summed E-state index contributed by atoms with van der Waals surface area (Å²) in [6.07, 6.45) is 89.1. The second-order valence-corrected chi connectivity index (χ2v) is 24.6. The van der Waals surface area contributed by atoms with Crippen molar-refractivity contribution >= 4 is 5.91 Å². The Hall–Kier alpha value is -3.15. The van der Waals surface area contributed by atoms with Crippen LogP contribution >= 0.6 is 0 Å². The van der Waals surface area contributed by atoms with Gasteiger partial charge in [-0.3, -0.25) is 4.79 Å². The van der Waals surface area contributed by atoms with E-state index in [1.54, 1.807) is 6.08 Å². The van der Waals surface area contributed by atoms with Crippen molar-refractivity contribution in [3.63, 3.8) is 0 Å². The molecule has 7 atom stereocenters. The zero-order valence-electron chi connectivity index (χ0n) is 55.5. The second-order valence-electron chi connectivity index (χ2n) is 24.6. The third kappa shape index (κ3) is 52.8. The quantitative estimate of drug-likeness (QED) is 0.0261. The van der Waals surface area contributed by atoms with Crippen molar-refractivity contribution in [3.05, 3.63) is 109 Å². The molecule has 1 heterocycles. The second kappa shape index (κ2) is 64.8. The number of hydrogen-bond donors (Lipinski definition) is 6. The van der Waals surface area contributed by atoms with E-state index in [1.165, 1.54) is 199 Å². The van der Waals surface area contributed by atoms with Gasteiger partial charge in [-0.2, -0.15) is 0 Å². The van der Waals surface area contributed by atoms with E-state index in [9.17, 15) is 30.3 Å². The van der Waals surface area contributed by atoms with Gasteiger partial charge in [-0.1, -0.05) is 329 Å². The first-order valence-corrected chi connectivity index (χ1v) is 36.1. The minimum absolute atomic E-state index is 0.194. The molecular formula is C77H135NO8. The molecule has 0 saturated carbocycles. The Morgan fingerprint density at radius 1 is 0.407 bits per heavy atom. The normalized spacial score (nSPS) is 18.7. The van der Waals surface area contributed by atoms with E-state index in [0.717, 1.165) is 96.3 Å². The van der Waals surface area contributed by atoms with Crippen LogP contribution in [0.2, 0.25) is 0 Å². The largest absolute Gasteiger partial charge is 0.394 e. The van der Waals surface area contributed by atoms with E-state index >= 15 is 0 Å². The number of amides is 1. The van der Waals surface area contributed by atoms with Gasteiger partial charge in [0.1, 0.15) is 24.4 Å². The van der Waals surface area contributed by atoms with Gasteiger partial charge in [0.25, 0.3) is 0 Å². The Bertz CT molecular complexity index is 1730. The van der Waals surface area contributed by atoms with Crippen LogP contribution in [-0.4, -0.2) is 87.5 Å². The summed E-state index contributed by atoms with van der Waals surface area (Å²) in [6, 6.07) is -0.835. The predicted octanol–water partition coefficient (Wildman–Crippen LogP) is 20.0. The molecule has 86 heavy (non-hydrogen) atoms. The Morgan fingerprint density at radius 3 is 1.12 bits per heavy atom. The fraction of sp³-hybridized carbons (Fsp3) is 0.753. The van der Waals surface area contributed by atoms with E-state index in [4.69, 9.17) is 9.47 Å². The van der Waals surface area contributed by atoms with Crippen LogP contribution in [0.25, 0.3) is 0 Å². The third-order valence-corrected chi connectivity index (χ3v) is 16.6. The van der Waals surface area contributed by atoms with E-state index in [2.05, 4.69) is 116 Å². The van der Waals surface area contributed by atoms with Gasteiger partial charge in [-0.05, 0) is 89.9 Å². The number of carbonyl (C=O) groups is 1. The van der Waals surface area contributed by atoms with Crippen LogP contribution in [0, 0.1) is 0 Å². The zero-order chi connectivity index (χ0) is 62.1. The van der Waals surface area contributed by atoms with Crippen molar-refractivity contribution in [3.8, 4) is 0 Å². The molecule has 0 aromatic rings. The summed E-state index contributed by atoms with van der Waals surface area (Å²) in [5.74, 6) is -0.194. The predicted molar refractivity (Wildman–Crippen MR) is 368 cm³/mol. The Kier molecular flexibility index (Phi) is 61.0. The molecule has 0 radical (unpaired) electrons. The van der Waals surface area contributed by atoms with Crippen LogP contribution in [0.3, 0.4) is 0 Å². The maximum absolute atomic E-state index is 13.1. The molecule has 1 fully saturated rings. The lowest BCUT2D eigenvalue weighted by atomic mass is 9.99. The molecule has 1 aliphatic heterocycles. The molecule has 9 nitrogen and oxygen atoms in total. The van der Waals surface area contributed by atoms with Gasteiger partial charge in [0.05, 0.1) is 25.4 Å². The Morgan fingerprint density at radius 2 is 0.733 bits per heavy atom.